The molecule has 0 amide bonds. The van der Waals surface area contributed by atoms with E-state index in [1.807, 2.05) is 12.1 Å². The first-order chi connectivity index (χ1) is 8.67. The summed E-state index contributed by atoms with van der Waals surface area (Å²) < 4.78 is 10.5. The van der Waals surface area contributed by atoms with Crippen LogP contribution in [0.3, 0.4) is 0 Å². The van der Waals surface area contributed by atoms with Crippen LogP contribution in [0.25, 0.3) is 6.08 Å². The van der Waals surface area contributed by atoms with E-state index in [0.29, 0.717) is 22.8 Å². The van der Waals surface area contributed by atoms with Gasteiger partial charge in [-0.2, -0.15) is 0 Å². The molecule has 0 aliphatic carbocycles. The van der Waals surface area contributed by atoms with E-state index in [9.17, 15) is 4.79 Å². The minimum Gasteiger partial charge on any atom is -0.493 e. The van der Waals surface area contributed by atoms with Crippen LogP contribution in [0.4, 0.5) is 0 Å². The van der Waals surface area contributed by atoms with Crippen molar-refractivity contribution in [2.45, 2.75) is 6.92 Å². The minimum atomic E-state index is -0.461. The molecule has 5 nitrogen and oxygen atoms in total. The lowest BCUT2D eigenvalue weighted by atomic mass is 10.1. The standard InChI is InChI=1S/C13H13NO4/c1-8-10(13(15)18-14-8)7-9-5-4-6-11(16-2)12(9)17-3/h4-7H,1-3H3/b10-7+. The van der Waals surface area contributed by atoms with Gasteiger partial charge in [0.05, 0.1) is 25.5 Å². The molecule has 0 radical (unpaired) electrons. The monoisotopic (exact) mass is 247 g/mol. The van der Waals surface area contributed by atoms with Gasteiger partial charge in [0.1, 0.15) is 0 Å². The van der Waals surface area contributed by atoms with Gasteiger partial charge in [-0.1, -0.05) is 17.3 Å². The fourth-order valence-corrected chi connectivity index (χ4v) is 1.70. The first kappa shape index (κ1) is 12.2. The van der Waals surface area contributed by atoms with Crippen LogP contribution < -0.4 is 9.47 Å². The number of methoxy groups -OCH3 is 2. The molecule has 1 aromatic carbocycles. The Bertz CT molecular complexity index is 546. The lowest BCUT2D eigenvalue weighted by molar-refractivity contribution is -0.136. The van der Waals surface area contributed by atoms with Crippen molar-refractivity contribution in [3.05, 3.63) is 29.3 Å². The van der Waals surface area contributed by atoms with Gasteiger partial charge in [0, 0.05) is 5.56 Å². The molecule has 0 fully saturated rings. The highest BCUT2D eigenvalue weighted by Gasteiger charge is 2.22. The zero-order chi connectivity index (χ0) is 13.1. The number of benzene rings is 1. The molecule has 18 heavy (non-hydrogen) atoms. The number of nitrogens with zero attached hydrogens (tertiary/aromatic N) is 1. The molecule has 0 unspecified atom stereocenters. The molecule has 1 aromatic rings. The van der Waals surface area contributed by atoms with E-state index in [0.717, 1.165) is 5.56 Å². The van der Waals surface area contributed by atoms with Crippen molar-refractivity contribution in [3.8, 4) is 11.5 Å². The Balaban J connectivity index is 2.49. The van der Waals surface area contributed by atoms with E-state index in [-0.39, 0.29) is 0 Å². The third-order valence-electron chi connectivity index (χ3n) is 2.61. The largest absolute Gasteiger partial charge is 0.493 e. The molecule has 5 heteroatoms. The van der Waals surface area contributed by atoms with Crippen LogP contribution in [0.15, 0.2) is 28.9 Å². The summed E-state index contributed by atoms with van der Waals surface area (Å²) in [5.41, 5.74) is 1.70. The van der Waals surface area contributed by atoms with Crippen LogP contribution >= 0.6 is 0 Å². The highest BCUT2D eigenvalue weighted by molar-refractivity contribution is 6.24. The third-order valence-corrected chi connectivity index (χ3v) is 2.61. The summed E-state index contributed by atoms with van der Waals surface area (Å²) in [6.45, 7) is 1.71. The molecule has 2 rings (SSSR count). The average molecular weight is 247 g/mol. The predicted octanol–water partition coefficient (Wildman–Crippen LogP) is 2.02. The molecule has 1 aliphatic rings. The molecule has 1 aliphatic heterocycles. The molecule has 1 heterocycles. The summed E-state index contributed by atoms with van der Waals surface area (Å²) in [5, 5.41) is 3.62. The summed E-state index contributed by atoms with van der Waals surface area (Å²) in [5.74, 6) is 0.713. The van der Waals surface area contributed by atoms with Gasteiger partial charge < -0.3 is 14.3 Å². The number of para-hydroxylation sites is 1. The molecule has 0 saturated carbocycles. The first-order valence-corrected chi connectivity index (χ1v) is 5.36. The maximum Gasteiger partial charge on any atom is 0.367 e. The zero-order valence-electron chi connectivity index (χ0n) is 10.4. The normalized spacial score (nSPS) is 16.5. The van der Waals surface area contributed by atoms with Crippen LogP contribution in [-0.4, -0.2) is 25.9 Å². The number of ether oxygens (including phenoxy) is 2. The van der Waals surface area contributed by atoms with Gasteiger partial charge in [-0.15, -0.1) is 0 Å². The fourth-order valence-electron chi connectivity index (χ4n) is 1.70. The topological polar surface area (TPSA) is 57.1 Å². The van der Waals surface area contributed by atoms with Crippen LogP contribution in [0, 0.1) is 0 Å². The third kappa shape index (κ3) is 2.07. The molecule has 0 bridgehead atoms. The summed E-state index contributed by atoms with van der Waals surface area (Å²) in [4.78, 5) is 16.1. The van der Waals surface area contributed by atoms with Crippen molar-refractivity contribution in [3.63, 3.8) is 0 Å². The summed E-state index contributed by atoms with van der Waals surface area (Å²) in [6.07, 6.45) is 1.68. The van der Waals surface area contributed by atoms with Crippen LogP contribution in [0.2, 0.25) is 0 Å². The highest BCUT2D eigenvalue weighted by atomic mass is 16.7. The van der Waals surface area contributed by atoms with Gasteiger partial charge >= 0.3 is 5.97 Å². The highest BCUT2D eigenvalue weighted by Crippen LogP contribution is 2.32. The van der Waals surface area contributed by atoms with E-state index in [1.54, 1.807) is 33.3 Å². The van der Waals surface area contributed by atoms with Gasteiger partial charge in [0.15, 0.2) is 11.5 Å². The van der Waals surface area contributed by atoms with E-state index in [1.165, 1.54) is 0 Å². The maximum absolute atomic E-state index is 11.5. The van der Waals surface area contributed by atoms with Crippen molar-refractivity contribution in [2.75, 3.05) is 14.2 Å². The second-order valence-corrected chi connectivity index (χ2v) is 3.70. The lowest BCUT2D eigenvalue weighted by Gasteiger charge is -2.10. The van der Waals surface area contributed by atoms with Gasteiger partial charge in [0.2, 0.25) is 0 Å². The number of carbonyl (C=O) groups is 1. The fraction of sp³-hybridized carbons (Fsp3) is 0.231. The summed E-state index contributed by atoms with van der Waals surface area (Å²) in [6, 6.07) is 5.43. The Morgan fingerprint density at radius 2 is 2.06 bits per heavy atom. The number of oxime groups is 1. The zero-order valence-corrected chi connectivity index (χ0v) is 10.4. The second kappa shape index (κ2) is 4.91. The first-order valence-electron chi connectivity index (χ1n) is 5.36. The van der Waals surface area contributed by atoms with E-state index in [2.05, 4.69) is 9.99 Å². The van der Waals surface area contributed by atoms with Crippen molar-refractivity contribution >= 4 is 17.8 Å². The van der Waals surface area contributed by atoms with E-state index >= 15 is 0 Å². The van der Waals surface area contributed by atoms with Gasteiger partial charge in [-0.05, 0) is 19.1 Å². The Kier molecular flexibility index (Phi) is 3.32. The number of hydrogen-bond acceptors (Lipinski definition) is 5. The average Bonchev–Trinajstić information content (AvgIpc) is 2.70. The molecule has 0 aromatic heterocycles. The molecule has 0 spiro atoms. The Morgan fingerprint density at radius 1 is 1.28 bits per heavy atom. The van der Waals surface area contributed by atoms with Crippen LogP contribution in [0.5, 0.6) is 11.5 Å². The van der Waals surface area contributed by atoms with Gasteiger partial charge in [-0.3, -0.25) is 0 Å². The van der Waals surface area contributed by atoms with E-state index < -0.39 is 5.97 Å². The van der Waals surface area contributed by atoms with Crippen molar-refractivity contribution in [2.24, 2.45) is 5.16 Å². The number of rotatable bonds is 3. The van der Waals surface area contributed by atoms with Crippen molar-refractivity contribution < 1.29 is 19.1 Å². The van der Waals surface area contributed by atoms with Crippen molar-refractivity contribution in [1.29, 1.82) is 0 Å². The van der Waals surface area contributed by atoms with Crippen LogP contribution in [0.1, 0.15) is 12.5 Å². The van der Waals surface area contributed by atoms with Gasteiger partial charge in [0.25, 0.3) is 0 Å². The lowest BCUT2D eigenvalue weighted by Crippen LogP contribution is -2.02. The van der Waals surface area contributed by atoms with Crippen molar-refractivity contribution in [1.82, 2.24) is 0 Å². The molecule has 0 saturated heterocycles. The number of carbonyl (C=O) groups excluding carboxylic acids is 1. The Labute approximate surface area is 105 Å². The smallest absolute Gasteiger partial charge is 0.367 e. The summed E-state index contributed by atoms with van der Waals surface area (Å²) >= 11 is 0. The van der Waals surface area contributed by atoms with Crippen LogP contribution in [-0.2, 0) is 9.63 Å². The molecular formula is C13H13NO4. The second-order valence-electron chi connectivity index (χ2n) is 3.70. The Morgan fingerprint density at radius 3 is 2.61 bits per heavy atom. The molecule has 0 N–H and O–H groups in total. The molecule has 94 valence electrons. The quantitative estimate of drug-likeness (QED) is 0.605. The molecular weight excluding hydrogens is 234 g/mol. The summed E-state index contributed by atoms with van der Waals surface area (Å²) in [7, 11) is 3.11. The SMILES string of the molecule is COc1cccc(/C=C2/C(=O)ON=C2C)c1OC. The van der Waals surface area contributed by atoms with Gasteiger partial charge in [-0.25, -0.2) is 4.79 Å². The maximum atomic E-state index is 11.5. The molecule has 0 atom stereocenters. The number of hydrogen-bond donors (Lipinski definition) is 0. The Hall–Kier alpha value is -2.30. The predicted molar refractivity (Wildman–Crippen MR) is 66.7 cm³/mol. The van der Waals surface area contributed by atoms with E-state index in [4.69, 9.17) is 9.47 Å². The minimum absolute atomic E-state index is 0.418.